The molecule has 0 bridgehead atoms. The van der Waals surface area contributed by atoms with Crippen molar-refractivity contribution in [1.29, 1.82) is 0 Å². The highest BCUT2D eigenvalue weighted by Gasteiger charge is 2.19. The van der Waals surface area contributed by atoms with E-state index in [1.807, 2.05) is 38.1 Å². The molecule has 2 aromatic rings. The fraction of sp³-hybridized carbons (Fsp3) is 0.267. The monoisotopic (exact) mass is 318 g/mol. The van der Waals surface area contributed by atoms with Crippen LogP contribution in [-0.4, -0.2) is 16.9 Å². The van der Waals surface area contributed by atoms with Gasteiger partial charge < -0.3 is 16.4 Å². The predicted octanol–water partition coefficient (Wildman–Crippen LogP) is 2.50. The zero-order valence-electron chi connectivity index (χ0n) is 12.4. The molecule has 0 radical (unpaired) electrons. The second-order valence-corrected chi connectivity index (χ2v) is 6.18. The first-order valence-corrected chi connectivity index (χ1v) is 7.61. The maximum absolute atomic E-state index is 12.2. The summed E-state index contributed by atoms with van der Waals surface area (Å²) in [6.45, 7) is 3.84. The second kappa shape index (κ2) is 7.04. The van der Waals surface area contributed by atoms with Gasteiger partial charge in [-0.1, -0.05) is 24.3 Å². The van der Waals surface area contributed by atoms with E-state index in [-0.39, 0.29) is 12.3 Å². The number of nitrogens with one attached hydrogen (secondary N) is 2. The largest absolute Gasteiger partial charge is 0.352 e. The highest BCUT2D eigenvalue weighted by Crippen LogP contribution is 2.22. The number of carbonyl (C=O) groups excluding carboxylic acids is 2. The Bertz CT molecular complexity index is 684. The van der Waals surface area contributed by atoms with E-state index in [2.05, 4.69) is 15.6 Å². The van der Waals surface area contributed by atoms with Crippen LogP contribution in [0, 0.1) is 13.8 Å². The lowest BCUT2D eigenvalue weighted by atomic mass is 9.98. The van der Waals surface area contributed by atoms with Crippen LogP contribution in [0.25, 0.3) is 0 Å². The van der Waals surface area contributed by atoms with E-state index in [4.69, 9.17) is 5.73 Å². The number of nitrogens with zero attached hydrogens (tertiary/aromatic N) is 1. The quantitative estimate of drug-likeness (QED) is 0.790. The van der Waals surface area contributed by atoms with E-state index in [9.17, 15) is 9.59 Å². The van der Waals surface area contributed by atoms with Gasteiger partial charge in [-0.25, -0.2) is 9.78 Å². The van der Waals surface area contributed by atoms with Crippen molar-refractivity contribution >= 4 is 28.4 Å². The van der Waals surface area contributed by atoms with Gasteiger partial charge in [0.2, 0.25) is 5.91 Å². The van der Waals surface area contributed by atoms with Gasteiger partial charge >= 0.3 is 6.03 Å². The summed E-state index contributed by atoms with van der Waals surface area (Å²) in [4.78, 5) is 28.5. The molecule has 1 aromatic heterocycles. The Morgan fingerprint density at radius 3 is 2.64 bits per heavy atom. The van der Waals surface area contributed by atoms with Gasteiger partial charge in [-0.3, -0.25) is 4.79 Å². The average molecular weight is 318 g/mol. The van der Waals surface area contributed by atoms with Gasteiger partial charge in [0.25, 0.3) is 0 Å². The Morgan fingerprint density at radius 1 is 1.32 bits per heavy atom. The van der Waals surface area contributed by atoms with Crippen LogP contribution in [0.2, 0.25) is 0 Å². The Kier molecular flexibility index (Phi) is 5.11. The zero-order chi connectivity index (χ0) is 16.1. The van der Waals surface area contributed by atoms with Gasteiger partial charge in [0, 0.05) is 11.1 Å². The first-order chi connectivity index (χ1) is 10.5. The number of aromatic nitrogens is 1. The standard InChI is InChI=1S/C15H18N4O2S/c1-9-5-3-4-6-11(9)12(18-14(16)21)7-13(20)19-15-17-8-10(2)22-15/h3-6,8,12H,7H2,1-2H3,(H3,16,18,21)(H,17,19,20). The van der Waals surface area contributed by atoms with Crippen molar-refractivity contribution in [2.24, 2.45) is 5.73 Å². The number of carbonyl (C=O) groups is 2. The molecule has 0 aliphatic rings. The number of aryl methyl sites for hydroxylation is 2. The molecule has 6 nitrogen and oxygen atoms in total. The molecule has 1 unspecified atom stereocenters. The molecule has 116 valence electrons. The minimum Gasteiger partial charge on any atom is -0.352 e. The molecule has 1 aromatic carbocycles. The molecule has 0 spiro atoms. The first kappa shape index (κ1) is 16.0. The Morgan fingerprint density at radius 2 is 2.05 bits per heavy atom. The molecular weight excluding hydrogens is 300 g/mol. The normalized spacial score (nSPS) is 11.7. The molecule has 0 aliphatic carbocycles. The van der Waals surface area contributed by atoms with Gasteiger partial charge in [0.1, 0.15) is 0 Å². The van der Waals surface area contributed by atoms with Crippen molar-refractivity contribution in [3.05, 3.63) is 46.5 Å². The summed E-state index contributed by atoms with van der Waals surface area (Å²) >= 11 is 1.40. The summed E-state index contributed by atoms with van der Waals surface area (Å²) in [6.07, 6.45) is 1.78. The fourth-order valence-electron chi connectivity index (χ4n) is 2.16. The Balaban J connectivity index is 2.11. The molecule has 1 heterocycles. The second-order valence-electron chi connectivity index (χ2n) is 4.95. The molecule has 3 amide bonds. The number of benzene rings is 1. The summed E-state index contributed by atoms with van der Waals surface area (Å²) in [5, 5.41) is 5.90. The molecule has 22 heavy (non-hydrogen) atoms. The summed E-state index contributed by atoms with van der Waals surface area (Å²) in [6, 6.07) is 6.42. The third-order valence-electron chi connectivity index (χ3n) is 3.14. The molecule has 0 saturated carbocycles. The van der Waals surface area contributed by atoms with Crippen molar-refractivity contribution in [3.63, 3.8) is 0 Å². The number of amides is 3. The third-order valence-corrected chi connectivity index (χ3v) is 3.97. The van der Waals surface area contributed by atoms with Gasteiger partial charge in [-0.05, 0) is 25.0 Å². The SMILES string of the molecule is Cc1cnc(NC(=O)CC(NC(N)=O)c2ccccc2C)s1. The number of hydrogen-bond donors (Lipinski definition) is 3. The van der Waals surface area contributed by atoms with Crippen LogP contribution in [0.5, 0.6) is 0 Å². The third kappa shape index (κ3) is 4.29. The maximum Gasteiger partial charge on any atom is 0.312 e. The summed E-state index contributed by atoms with van der Waals surface area (Å²) in [5.74, 6) is -0.226. The van der Waals surface area contributed by atoms with E-state index in [0.29, 0.717) is 5.13 Å². The van der Waals surface area contributed by atoms with Crippen LogP contribution >= 0.6 is 11.3 Å². The molecule has 0 saturated heterocycles. The van der Waals surface area contributed by atoms with Crippen LogP contribution in [0.4, 0.5) is 9.93 Å². The molecule has 7 heteroatoms. The van der Waals surface area contributed by atoms with Crippen molar-refractivity contribution in [2.75, 3.05) is 5.32 Å². The number of rotatable bonds is 5. The number of thiazole rings is 1. The van der Waals surface area contributed by atoms with Crippen molar-refractivity contribution < 1.29 is 9.59 Å². The summed E-state index contributed by atoms with van der Waals surface area (Å²) in [5.41, 5.74) is 7.07. The number of primary amides is 1. The molecular formula is C15H18N4O2S. The van der Waals surface area contributed by atoms with Gasteiger partial charge in [0.15, 0.2) is 5.13 Å². The number of hydrogen-bond acceptors (Lipinski definition) is 4. The smallest absolute Gasteiger partial charge is 0.312 e. The van der Waals surface area contributed by atoms with Crippen LogP contribution in [-0.2, 0) is 4.79 Å². The lowest BCUT2D eigenvalue weighted by Crippen LogP contribution is -2.35. The number of nitrogens with two attached hydrogens (primary N) is 1. The topological polar surface area (TPSA) is 97.1 Å². The molecule has 4 N–H and O–H groups in total. The Hall–Kier alpha value is -2.41. The predicted molar refractivity (Wildman–Crippen MR) is 86.7 cm³/mol. The molecule has 0 aliphatic heterocycles. The lowest BCUT2D eigenvalue weighted by Gasteiger charge is -2.19. The van der Waals surface area contributed by atoms with Crippen molar-refractivity contribution in [2.45, 2.75) is 26.3 Å². The highest BCUT2D eigenvalue weighted by molar-refractivity contribution is 7.15. The average Bonchev–Trinajstić information content (AvgIpc) is 2.83. The summed E-state index contributed by atoms with van der Waals surface area (Å²) in [7, 11) is 0. The molecule has 1 atom stereocenters. The van der Waals surface area contributed by atoms with Crippen LogP contribution in [0.15, 0.2) is 30.5 Å². The van der Waals surface area contributed by atoms with Crippen LogP contribution < -0.4 is 16.4 Å². The molecule has 0 fully saturated rings. The minimum atomic E-state index is -0.661. The van der Waals surface area contributed by atoms with Crippen molar-refractivity contribution in [1.82, 2.24) is 10.3 Å². The van der Waals surface area contributed by atoms with E-state index in [1.165, 1.54) is 11.3 Å². The highest BCUT2D eigenvalue weighted by atomic mass is 32.1. The Labute approximate surface area is 132 Å². The number of anilines is 1. The van der Waals surface area contributed by atoms with Crippen LogP contribution in [0.1, 0.15) is 28.5 Å². The van der Waals surface area contributed by atoms with E-state index < -0.39 is 12.1 Å². The van der Waals surface area contributed by atoms with E-state index in [1.54, 1.807) is 6.20 Å². The van der Waals surface area contributed by atoms with Crippen LogP contribution in [0.3, 0.4) is 0 Å². The van der Waals surface area contributed by atoms with Crippen molar-refractivity contribution in [3.8, 4) is 0 Å². The fourth-order valence-corrected chi connectivity index (χ4v) is 2.84. The lowest BCUT2D eigenvalue weighted by molar-refractivity contribution is -0.116. The number of urea groups is 1. The van der Waals surface area contributed by atoms with Gasteiger partial charge in [-0.15, -0.1) is 11.3 Å². The maximum atomic E-state index is 12.2. The first-order valence-electron chi connectivity index (χ1n) is 6.79. The van der Waals surface area contributed by atoms with E-state index >= 15 is 0 Å². The summed E-state index contributed by atoms with van der Waals surface area (Å²) < 4.78 is 0. The van der Waals surface area contributed by atoms with E-state index in [0.717, 1.165) is 16.0 Å². The van der Waals surface area contributed by atoms with Gasteiger partial charge in [0.05, 0.1) is 12.5 Å². The van der Waals surface area contributed by atoms with Gasteiger partial charge in [-0.2, -0.15) is 0 Å². The zero-order valence-corrected chi connectivity index (χ0v) is 13.2. The molecule has 2 rings (SSSR count). The minimum absolute atomic E-state index is 0.0897.